The van der Waals surface area contributed by atoms with Crippen LogP contribution in [0.2, 0.25) is 0 Å². The number of hydrogen-bond donors (Lipinski definition) is 1. The number of nitrogens with zero attached hydrogens (tertiary/aromatic N) is 2. The fraction of sp³-hybridized carbons (Fsp3) is 0.318. The number of amides is 1. The largest absolute Gasteiger partial charge is 0.497 e. The minimum absolute atomic E-state index is 0.0200. The third-order valence-corrected chi connectivity index (χ3v) is 5.41. The summed E-state index contributed by atoms with van der Waals surface area (Å²) < 4.78 is 5.26. The molecular formula is C22H23N3O3. The number of rotatable bonds is 3. The smallest absolute Gasteiger partial charge is 0.275 e. The number of hydrogen-bond acceptors (Lipinski definition) is 4. The third kappa shape index (κ3) is 3.38. The first-order valence-corrected chi connectivity index (χ1v) is 9.61. The van der Waals surface area contributed by atoms with Crippen LogP contribution < -0.4 is 10.3 Å². The van der Waals surface area contributed by atoms with Crippen LogP contribution in [0.15, 0.2) is 53.3 Å². The molecule has 1 amide bonds. The molecule has 0 radical (unpaired) electrons. The van der Waals surface area contributed by atoms with Crippen molar-refractivity contribution in [2.24, 2.45) is 0 Å². The molecule has 1 aliphatic heterocycles. The normalized spacial score (nSPS) is 17.3. The second-order valence-corrected chi connectivity index (χ2v) is 7.08. The van der Waals surface area contributed by atoms with Gasteiger partial charge in [-0.1, -0.05) is 43.2 Å². The van der Waals surface area contributed by atoms with Crippen molar-refractivity contribution >= 4 is 16.7 Å². The van der Waals surface area contributed by atoms with Gasteiger partial charge >= 0.3 is 0 Å². The predicted molar refractivity (Wildman–Crippen MR) is 108 cm³/mol. The van der Waals surface area contributed by atoms with Gasteiger partial charge in [0.1, 0.15) is 5.75 Å². The Bertz CT molecular complexity index is 1040. The topological polar surface area (TPSA) is 75.3 Å². The summed E-state index contributed by atoms with van der Waals surface area (Å²) in [6.45, 7) is 0.671. The van der Waals surface area contributed by atoms with Crippen molar-refractivity contribution in [3.05, 3.63) is 70.1 Å². The van der Waals surface area contributed by atoms with E-state index >= 15 is 0 Å². The van der Waals surface area contributed by atoms with Crippen LogP contribution in [0.25, 0.3) is 10.8 Å². The summed E-state index contributed by atoms with van der Waals surface area (Å²) in [4.78, 5) is 27.5. The molecule has 144 valence electrons. The predicted octanol–water partition coefficient (Wildman–Crippen LogP) is 3.69. The molecule has 6 heteroatoms. The molecule has 0 aliphatic carbocycles. The van der Waals surface area contributed by atoms with Crippen LogP contribution in [0.1, 0.15) is 47.8 Å². The van der Waals surface area contributed by atoms with Gasteiger partial charge in [-0.05, 0) is 36.6 Å². The Labute approximate surface area is 163 Å². The van der Waals surface area contributed by atoms with E-state index in [0.29, 0.717) is 23.0 Å². The summed E-state index contributed by atoms with van der Waals surface area (Å²) in [5, 5.41) is 7.67. The molecule has 0 saturated carbocycles. The van der Waals surface area contributed by atoms with Crippen LogP contribution in [0, 0.1) is 0 Å². The first-order chi connectivity index (χ1) is 13.7. The molecule has 2 heterocycles. The van der Waals surface area contributed by atoms with E-state index in [1.807, 2.05) is 35.2 Å². The highest BCUT2D eigenvalue weighted by atomic mass is 16.5. The lowest BCUT2D eigenvalue weighted by atomic mass is 10.00. The number of benzene rings is 2. The molecule has 1 atom stereocenters. The Morgan fingerprint density at radius 1 is 1.07 bits per heavy atom. The summed E-state index contributed by atoms with van der Waals surface area (Å²) in [5.41, 5.74) is 1.11. The van der Waals surface area contributed by atoms with Crippen molar-refractivity contribution in [1.29, 1.82) is 0 Å². The maximum absolute atomic E-state index is 13.5. The lowest BCUT2D eigenvalue weighted by Gasteiger charge is -2.30. The summed E-state index contributed by atoms with van der Waals surface area (Å²) >= 11 is 0. The molecular weight excluding hydrogens is 354 g/mol. The van der Waals surface area contributed by atoms with E-state index in [9.17, 15) is 9.59 Å². The first-order valence-electron chi connectivity index (χ1n) is 9.61. The summed E-state index contributed by atoms with van der Waals surface area (Å²) in [6.07, 6.45) is 4.02. The number of aromatic nitrogens is 2. The van der Waals surface area contributed by atoms with Gasteiger partial charge in [-0.25, -0.2) is 5.10 Å². The first kappa shape index (κ1) is 18.2. The van der Waals surface area contributed by atoms with Crippen molar-refractivity contribution in [1.82, 2.24) is 15.1 Å². The van der Waals surface area contributed by atoms with E-state index in [-0.39, 0.29) is 17.5 Å². The number of ether oxygens (including phenoxy) is 1. The maximum Gasteiger partial charge on any atom is 0.275 e. The standard InChI is InChI=1S/C22H23N3O3/c1-28-16-12-10-15(11-13-16)19-9-3-2-6-14-25(19)22(27)20-17-7-4-5-8-18(17)21(26)24-23-20/h4-5,7-8,10-13,19H,2-3,6,9,14H2,1H3,(H,24,26)/t19-/m1/s1. The minimum Gasteiger partial charge on any atom is -0.497 e. The zero-order valence-corrected chi connectivity index (χ0v) is 15.9. The van der Waals surface area contributed by atoms with Gasteiger partial charge in [-0.2, -0.15) is 5.10 Å². The molecule has 28 heavy (non-hydrogen) atoms. The zero-order valence-electron chi connectivity index (χ0n) is 15.9. The van der Waals surface area contributed by atoms with E-state index in [4.69, 9.17) is 4.74 Å². The van der Waals surface area contributed by atoms with Crippen molar-refractivity contribution in [2.45, 2.75) is 31.7 Å². The number of methoxy groups -OCH3 is 1. The highest BCUT2D eigenvalue weighted by molar-refractivity contribution is 6.04. The number of nitrogens with one attached hydrogen (secondary N) is 1. The van der Waals surface area contributed by atoms with Crippen LogP contribution in [0.3, 0.4) is 0 Å². The number of H-pyrrole nitrogens is 1. The molecule has 2 aromatic carbocycles. The van der Waals surface area contributed by atoms with Gasteiger partial charge in [0.05, 0.1) is 18.5 Å². The van der Waals surface area contributed by atoms with Crippen molar-refractivity contribution in [3.8, 4) is 5.75 Å². The van der Waals surface area contributed by atoms with E-state index in [1.165, 1.54) is 0 Å². The molecule has 4 rings (SSSR count). The lowest BCUT2D eigenvalue weighted by molar-refractivity contribution is 0.0676. The van der Waals surface area contributed by atoms with Gasteiger partial charge in [-0.3, -0.25) is 9.59 Å². The van der Waals surface area contributed by atoms with E-state index < -0.39 is 0 Å². The lowest BCUT2D eigenvalue weighted by Crippen LogP contribution is -2.36. The highest BCUT2D eigenvalue weighted by Gasteiger charge is 2.29. The fourth-order valence-electron chi connectivity index (χ4n) is 3.94. The molecule has 0 unspecified atom stereocenters. The van der Waals surface area contributed by atoms with Crippen LogP contribution in [-0.2, 0) is 0 Å². The van der Waals surface area contributed by atoms with Crippen LogP contribution in [-0.4, -0.2) is 34.7 Å². The Morgan fingerprint density at radius 2 is 1.82 bits per heavy atom. The van der Waals surface area contributed by atoms with Gasteiger partial charge in [0.2, 0.25) is 0 Å². The van der Waals surface area contributed by atoms with Crippen LogP contribution in [0.4, 0.5) is 0 Å². The summed E-state index contributed by atoms with van der Waals surface area (Å²) in [6, 6.07) is 15.0. The average molecular weight is 377 g/mol. The molecule has 1 N–H and O–H groups in total. The number of fused-ring (bicyclic) bond motifs is 1. The maximum atomic E-state index is 13.5. The Hall–Kier alpha value is -3.15. The van der Waals surface area contributed by atoms with E-state index in [1.54, 1.807) is 25.3 Å². The second-order valence-electron chi connectivity index (χ2n) is 7.08. The minimum atomic E-state index is -0.283. The molecule has 0 spiro atoms. The Morgan fingerprint density at radius 3 is 2.57 bits per heavy atom. The van der Waals surface area contributed by atoms with Gasteiger partial charge in [0, 0.05) is 11.9 Å². The number of carbonyl (C=O) groups is 1. The van der Waals surface area contributed by atoms with E-state index in [2.05, 4.69) is 10.2 Å². The molecule has 1 aliphatic rings. The molecule has 3 aromatic rings. The van der Waals surface area contributed by atoms with Crippen LogP contribution >= 0.6 is 0 Å². The van der Waals surface area contributed by atoms with E-state index in [0.717, 1.165) is 37.0 Å². The third-order valence-electron chi connectivity index (χ3n) is 5.41. The average Bonchev–Trinajstić information content (AvgIpc) is 3.00. The highest BCUT2D eigenvalue weighted by Crippen LogP contribution is 2.32. The Kier molecular flexibility index (Phi) is 5.10. The number of likely N-dealkylation sites (tertiary alicyclic amines) is 1. The van der Waals surface area contributed by atoms with Gasteiger partial charge in [0.25, 0.3) is 11.5 Å². The summed E-state index contributed by atoms with van der Waals surface area (Å²) in [5.74, 6) is 0.652. The zero-order chi connectivity index (χ0) is 19.5. The quantitative estimate of drug-likeness (QED) is 0.755. The molecule has 6 nitrogen and oxygen atoms in total. The molecule has 1 aromatic heterocycles. The van der Waals surface area contributed by atoms with Gasteiger partial charge in [0.15, 0.2) is 5.69 Å². The van der Waals surface area contributed by atoms with Gasteiger partial charge in [-0.15, -0.1) is 0 Å². The SMILES string of the molecule is COc1ccc([C@H]2CCCCCN2C(=O)c2n[nH]c(=O)c3ccccc23)cc1. The Balaban J connectivity index is 1.75. The molecule has 0 bridgehead atoms. The molecule has 1 saturated heterocycles. The second kappa shape index (κ2) is 7.84. The summed E-state index contributed by atoms with van der Waals surface area (Å²) in [7, 11) is 1.64. The fourth-order valence-corrected chi connectivity index (χ4v) is 3.94. The van der Waals surface area contributed by atoms with Crippen molar-refractivity contribution < 1.29 is 9.53 Å². The molecule has 1 fully saturated rings. The monoisotopic (exact) mass is 377 g/mol. The van der Waals surface area contributed by atoms with Crippen molar-refractivity contribution in [3.63, 3.8) is 0 Å². The number of aromatic amines is 1. The number of carbonyl (C=O) groups excluding carboxylic acids is 1. The van der Waals surface area contributed by atoms with Crippen molar-refractivity contribution in [2.75, 3.05) is 13.7 Å². The van der Waals surface area contributed by atoms with Gasteiger partial charge < -0.3 is 9.64 Å². The van der Waals surface area contributed by atoms with Crippen LogP contribution in [0.5, 0.6) is 5.75 Å².